The van der Waals surface area contributed by atoms with Crippen molar-refractivity contribution in [3.8, 4) is 0 Å². The van der Waals surface area contributed by atoms with E-state index < -0.39 is 6.03 Å². The molecule has 2 amide bonds. The number of para-hydroxylation sites is 1. The van der Waals surface area contributed by atoms with E-state index in [4.69, 9.17) is 5.73 Å². The van der Waals surface area contributed by atoms with Crippen molar-refractivity contribution < 1.29 is 4.79 Å². The van der Waals surface area contributed by atoms with Gasteiger partial charge in [0.15, 0.2) is 0 Å². The Labute approximate surface area is 84.3 Å². The van der Waals surface area contributed by atoms with Gasteiger partial charge >= 0.3 is 6.03 Å². The van der Waals surface area contributed by atoms with Gasteiger partial charge in [0.1, 0.15) is 0 Å². The van der Waals surface area contributed by atoms with Crippen molar-refractivity contribution in [3.63, 3.8) is 0 Å². The van der Waals surface area contributed by atoms with Crippen molar-refractivity contribution in [2.45, 2.75) is 26.2 Å². The van der Waals surface area contributed by atoms with Crippen molar-refractivity contribution in [3.05, 3.63) is 29.8 Å². The van der Waals surface area contributed by atoms with Crippen LogP contribution in [0, 0.1) is 0 Å². The summed E-state index contributed by atoms with van der Waals surface area (Å²) in [7, 11) is 0. The first-order chi connectivity index (χ1) is 6.41. The lowest BCUT2D eigenvalue weighted by Gasteiger charge is -2.22. The topological polar surface area (TPSA) is 55.1 Å². The summed E-state index contributed by atoms with van der Waals surface area (Å²) in [4.78, 5) is 10.8. The summed E-state index contributed by atoms with van der Waals surface area (Å²) < 4.78 is 0. The van der Waals surface area contributed by atoms with E-state index >= 15 is 0 Å². The molecule has 0 saturated heterocycles. The molecule has 0 unspecified atom stereocenters. The van der Waals surface area contributed by atoms with Gasteiger partial charge in [-0.2, -0.15) is 0 Å². The summed E-state index contributed by atoms with van der Waals surface area (Å²) >= 11 is 0. The quantitative estimate of drug-likeness (QED) is 0.705. The molecule has 0 aliphatic carbocycles. The lowest BCUT2D eigenvalue weighted by atomic mass is 9.86. The van der Waals surface area contributed by atoms with Crippen molar-refractivity contribution in [2.24, 2.45) is 5.73 Å². The maximum absolute atomic E-state index is 10.8. The van der Waals surface area contributed by atoms with Gasteiger partial charge in [0.05, 0.1) is 0 Å². The molecule has 14 heavy (non-hydrogen) atoms. The lowest BCUT2D eigenvalue weighted by Crippen LogP contribution is -2.22. The van der Waals surface area contributed by atoms with Crippen LogP contribution in [-0.4, -0.2) is 6.03 Å². The van der Waals surface area contributed by atoms with E-state index in [2.05, 4.69) is 26.1 Å². The second kappa shape index (κ2) is 3.70. The van der Waals surface area contributed by atoms with Crippen LogP contribution in [0.25, 0.3) is 0 Å². The molecule has 3 heteroatoms. The number of anilines is 1. The van der Waals surface area contributed by atoms with Crippen molar-refractivity contribution in [1.82, 2.24) is 0 Å². The molecule has 0 fully saturated rings. The van der Waals surface area contributed by atoms with E-state index in [0.717, 1.165) is 11.3 Å². The molecule has 3 N–H and O–H groups in total. The van der Waals surface area contributed by atoms with Crippen LogP contribution in [0.3, 0.4) is 0 Å². The van der Waals surface area contributed by atoms with Crippen LogP contribution < -0.4 is 11.1 Å². The summed E-state index contributed by atoms with van der Waals surface area (Å²) in [5.74, 6) is 0. The molecule has 0 spiro atoms. The Morgan fingerprint density at radius 1 is 1.29 bits per heavy atom. The Hall–Kier alpha value is -1.51. The monoisotopic (exact) mass is 192 g/mol. The molecule has 0 radical (unpaired) electrons. The van der Waals surface area contributed by atoms with E-state index in [0.29, 0.717) is 0 Å². The highest BCUT2D eigenvalue weighted by atomic mass is 16.2. The van der Waals surface area contributed by atoms with Crippen LogP contribution in [0.2, 0.25) is 0 Å². The highest BCUT2D eigenvalue weighted by molar-refractivity contribution is 5.88. The van der Waals surface area contributed by atoms with Crippen molar-refractivity contribution >= 4 is 11.7 Å². The number of nitrogens with two attached hydrogens (primary N) is 1. The molecule has 3 nitrogen and oxygen atoms in total. The maximum atomic E-state index is 10.8. The first kappa shape index (κ1) is 10.6. The predicted octanol–water partition coefficient (Wildman–Crippen LogP) is 2.47. The number of carbonyl (C=O) groups excluding carboxylic acids is 1. The van der Waals surface area contributed by atoms with Gasteiger partial charge in [0.2, 0.25) is 0 Å². The highest BCUT2D eigenvalue weighted by Crippen LogP contribution is 2.28. The minimum atomic E-state index is -0.526. The fourth-order valence-electron chi connectivity index (χ4n) is 1.38. The Morgan fingerprint density at radius 3 is 2.36 bits per heavy atom. The third-order valence-electron chi connectivity index (χ3n) is 1.99. The smallest absolute Gasteiger partial charge is 0.316 e. The first-order valence-electron chi connectivity index (χ1n) is 4.57. The zero-order valence-electron chi connectivity index (χ0n) is 8.79. The molecule has 0 aromatic heterocycles. The normalized spacial score (nSPS) is 11.1. The number of hydrogen-bond acceptors (Lipinski definition) is 1. The molecular weight excluding hydrogens is 176 g/mol. The molecule has 76 valence electrons. The molecule has 1 rings (SSSR count). The number of hydrogen-bond donors (Lipinski definition) is 2. The van der Waals surface area contributed by atoms with Crippen LogP contribution in [-0.2, 0) is 5.41 Å². The molecule has 0 heterocycles. The van der Waals surface area contributed by atoms with Gasteiger partial charge in [-0.1, -0.05) is 39.0 Å². The highest BCUT2D eigenvalue weighted by Gasteiger charge is 2.17. The lowest BCUT2D eigenvalue weighted by molar-refractivity contribution is 0.259. The van der Waals surface area contributed by atoms with Gasteiger partial charge in [-0.05, 0) is 17.0 Å². The Bertz CT molecular complexity index is 339. The van der Waals surface area contributed by atoms with Crippen molar-refractivity contribution in [1.29, 1.82) is 0 Å². The van der Waals surface area contributed by atoms with Crippen LogP contribution in [0.1, 0.15) is 26.3 Å². The van der Waals surface area contributed by atoms with E-state index in [1.807, 2.05) is 24.3 Å². The zero-order valence-corrected chi connectivity index (χ0v) is 8.79. The summed E-state index contributed by atoms with van der Waals surface area (Å²) in [5, 5.41) is 2.62. The molecule has 0 atom stereocenters. The maximum Gasteiger partial charge on any atom is 0.316 e. The number of primary amides is 1. The molecule has 0 saturated carbocycles. The SMILES string of the molecule is CC(C)(C)c1ccccc1NC(N)=O. The van der Waals surface area contributed by atoms with Crippen LogP contribution in [0.15, 0.2) is 24.3 Å². The Kier molecular flexibility index (Phi) is 2.79. The molecule has 0 bridgehead atoms. The molecular formula is C11H16N2O. The fraction of sp³-hybridized carbons (Fsp3) is 0.364. The Balaban J connectivity index is 3.10. The van der Waals surface area contributed by atoms with Gasteiger partial charge in [-0.25, -0.2) is 4.79 Å². The van der Waals surface area contributed by atoms with Crippen LogP contribution in [0.5, 0.6) is 0 Å². The van der Waals surface area contributed by atoms with E-state index in [1.54, 1.807) is 0 Å². The van der Waals surface area contributed by atoms with Gasteiger partial charge in [-0.15, -0.1) is 0 Å². The molecule has 1 aromatic carbocycles. The standard InChI is InChI=1S/C11H16N2O/c1-11(2,3)8-6-4-5-7-9(8)13-10(12)14/h4-7H,1-3H3,(H3,12,13,14). The number of urea groups is 1. The van der Waals surface area contributed by atoms with Gasteiger partial charge < -0.3 is 11.1 Å². The summed E-state index contributed by atoms with van der Waals surface area (Å²) in [6, 6.07) is 7.14. The Morgan fingerprint density at radius 2 is 1.86 bits per heavy atom. The van der Waals surface area contributed by atoms with Gasteiger partial charge in [0.25, 0.3) is 0 Å². The second-order valence-electron chi connectivity index (χ2n) is 4.28. The first-order valence-corrected chi connectivity index (χ1v) is 4.57. The third kappa shape index (κ3) is 2.49. The zero-order chi connectivity index (χ0) is 10.8. The second-order valence-corrected chi connectivity index (χ2v) is 4.28. The molecule has 0 aliphatic rings. The number of carbonyl (C=O) groups is 1. The number of benzene rings is 1. The van der Waals surface area contributed by atoms with Crippen LogP contribution >= 0.6 is 0 Å². The average molecular weight is 192 g/mol. The summed E-state index contributed by atoms with van der Waals surface area (Å²) in [6.07, 6.45) is 0. The minimum Gasteiger partial charge on any atom is -0.351 e. The van der Waals surface area contributed by atoms with Gasteiger partial charge in [-0.3, -0.25) is 0 Å². The molecule has 0 aliphatic heterocycles. The van der Waals surface area contributed by atoms with E-state index in [-0.39, 0.29) is 5.41 Å². The largest absolute Gasteiger partial charge is 0.351 e. The fourth-order valence-corrected chi connectivity index (χ4v) is 1.38. The number of nitrogens with one attached hydrogen (secondary N) is 1. The van der Waals surface area contributed by atoms with E-state index in [1.165, 1.54) is 0 Å². The predicted molar refractivity (Wildman–Crippen MR) is 58.3 cm³/mol. The number of rotatable bonds is 1. The number of amides is 2. The average Bonchev–Trinajstić information content (AvgIpc) is 2.01. The third-order valence-corrected chi connectivity index (χ3v) is 1.99. The van der Waals surface area contributed by atoms with Crippen LogP contribution in [0.4, 0.5) is 10.5 Å². The summed E-state index contributed by atoms with van der Waals surface area (Å²) in [5.41, 5.74) is 6.95. The van der Waals surface area contributed by atoms with Gasteiger partial charge in [0, 0.05) is 5.69 Å². The van der Waals surface area contributed by atoms with Crippen molar-refractivity contribution in [2.75, 3.05) is 5.32 Å². The summed E-state index contributed by atoms with van der Waals surface area (Å²) in [6.45, 7) is 6.28. The minimum absolute atomic E-state index is 0.000949. The van der Waals surface area contributed by atoms with E-state index in [9.17, 15) is 4.79 Å². The molecule has 1 aromatic rings.